The van der Waals surface area contributed by atoms with Crippen molar-refractivity contribution < 1.29 is 9.90 Å². The molecule has 5 N–H and O–H groups in total. The Hall–Kier alpha value is -3.35. The second-order valence-electron chi connectivity index (χ2n) is 5.65. The number of nitrogens with two attached hydrogens (primary N) is 1. The van der Waals surface area contributed by atoms with E-state index in [4.69, 9.17) is 10.8 Å². The maximum Gasteiger partial charge on any atom is 0.280 e. The Kier molecular flexibility index (Phi) is 5.93. The van der Waals surface area contributed by atoms with E-state index in [2.05, 4.69) is 30.6 Å². The molecule has 148 valence electrons. The number of thioether (sulfide) groups is 1. The highest BCUT2D eigenvalue weighted by molar-refractivity contribution is 7.99. The van der Waals surface area contributed by atoms with Crippen LogP contribution < -0.4 is 16.6 Å². The number of aromatic nitrogens is 7. The lowest BCUT2D eigenvalue weighted by Gasteiger charge is -2.05. The van der Waals surface area contributed by atoms with Crippen molar-refractivity contribution in [3.05, 3.63) is 28.5 Å². The molecular weight excluding hydrogens is 386 g/mol. The van der Waals surface area contributed by atoms with E-state index in [1.54, 1.807) is 6.20 Å². The third-order valence-electron chi connectivity index (χ3n) is 3.66. The summed E-state index contributed by atoms with van der Waals surface area (Å²) in [5.74, 6) is 0.246. The summed E-state index contributed by atoms with van der Waals surface area (Å²) in [6, 6.07) is 0. The molecule has 13 heteroatoms. The number of nitrogens with one attached hydrogen (secondary N) is 2. The number of aromatic amines is 1. The van der Waals surface area contributed by atoms with Crippen LogP contribution in [-0.2, 0) is 17.8 Å². The Morgan fingerprint density at radius 3 is 3.00 bits per heavy atom. The molecule has 0 unspecified atom stereocenters. The van der Waals surface area contributed by atoms with Gasteiger partial charge in [-0.25, -0.2) is 9.67 Å². The van der Waals surface area contributed by atoms with Crippen LogP contribution in [-0.4, -0.2) is 57.8 Å². The van der Waals surface area contributed by atoms with E-state index in [0.29, 0.717) is 17.5 Å². The second-order valence-corrected chi connectivity index (χ2v) is 6.71. The largest absolute Gasteiger partial charge is 0.514 e. The minimum atomic E-state index is -0.470. The van der Waals surface area contributed by atoms with Crippen molar-refractivity contribution in [2.45, 2.75) is 25.0 Å². The Labute approximate surface area is 162 Å². The van der Waals surface area contributed by atoms with Crippen LogP contribution in [0, 0.1) is 0 Å². The number of rotatable bonds is 8. The second kappa shape index (κ2) is 8.56. The number of fused-ring (bicyclic) bond motifs is 1. The SMILES string of the molecule is CCc1cn(CC(=O)NCCSc2nc3c(=O)[nH]c(N)nc3n2/C=C/O)nn1. The maximum atomic E-state index is 12.0. The van der Waals surface area contributed by atoms with Gasteiger partial charge in [-0.2, -0.15) is 4.98 Å². The molecule has 0 aliphatic carbocycles. The summed E-state index contributed by atoms with van der Waals surface area (Å²) < 4.78 is 2.93. The minimum absolute atomic E-state index is 0.0480. The lowest BCUT2D eigenvalue weighted by molar-refractivity contribution is -0.121. The van der Waals surface area contributed by atoms with Crippen LogP contribution in [0.3, 0.4) is 0 Å². The zero-order valence-corrected chi connectivity index (χ0v) is 15.8. The maximum absolute atomic E-state index is 12.0. The van der Waals surface area contributed by atoms with Gasteiger partial charge in [-0.05, 0) is 6.42 Å². The summed E-state index contributed by atoms with van der Waals surface area (Å²) >= 11 is 1.29. The summed E-state index contributed by atoms with van der Waals surface area (Å²) in [6.07, 6.45) is 4.62. The monoisotopic (exact) mass is 405 g/mol. The molecule has 0 saturated heterocycles. The third kappa shape index (κ3) is 4.31. The van der Waals surface area contributed by atoms with Gasteiger partial charge >= 0.3 is 0 Å². The van der Waals surface area contributed by atoms with Gasteiger partial charge in [0, 0.05) is 24.7 Å². The lowest BCUT2D eigenvalue weighted by atomic mass is 10.4. The van der Waals surface area contributed by atoms with Crippen molar-refractivity contribution in [1.29, 1.82) is 0 Å². The summed E-state index contributed by atoms with van der Waals surface area (Å²) in [7, 11) is 0. The van der Waals surface area contributed by atoms with Crippen LogP contribution in [0.4, 0.5) is 5.95 Å². The van der Waals surface area contributed by atoms with E-state index in [1.807, 2.05) is 6.92 Å². The standard InChI is InChI=1S/C15H19N9O3S/c1-2-9-7-23(22-21-9)8-10(26)17-3-6-28-15-18-11-12(24(15)4-5-25)19-14(16)20-13(11)27/h4-5,7,25H,2-3,6,8H2,1H3,(H,17,26)(H3,16,19,20,27)/b5-4+. The number of nitrogens with zero attached hydrogens (tertiary/aromatic N) is 6. The molecule has 12 nitrogen and oxygen atoms in total. The molecule has 3 rings (SSSR count). The van der Waals surface area contributed by atoms with Crippen LogP contribution in [0.2, 0.25) is 0 Å². The van der Waals surface area contributed by atoms with Crippen LogP contribution in [0.15, 0.2) is 22.4 Å². The van der Waals surface area contributed by atoms with Gasteiger partial charge in [-0.3, -0.25) is 19.1 Å². The number of aliphatic hydroxyl groups is 1. The van der Waals surface area contributed by atoms with Gasteiger partial charge in [-0.1, -0.05) is 23.9 Å². The minimum Gasteiger partial charge on any atom is -0.514 e. The van der Waals surface area contributed by atoms with Crippen LogP contribution in [0.1, 0.15) is 12.6 Å². The molecule has 0 atom stereocenters. The number of H-pyrrole nitrogens is 1. The first-order chi connectivity index (χ1) is 13.5. The van der Waals surface area contributed by atoms with Gasteiger partial charge in [0.05, 0.1) is 12.0 Å². The van der Waals surface area contributed by atoms with Gasteiger partial charge in [0.15, 0.2) is 16.3 Å². The number of imidazole rings is 1. The number of carbonyl (C=O) groups is 1. The molecule has 0 saturated carbocycles. The van der Waals surface area contributed by atoms with Gasteiger partial charge in [-0.15, -0.1) is 5.10 Å². The molecule has 1 amide bonds. The van der Waals surface area contributed by atoms with Gasteiger partial charge in [0.2, 0.25) is 11.9 Å². The van der Waals surface area contributed by atoms with Crippen LogP contribution in [0.5, 0.6) is 0 Å². The number of hydrogen-bond donors (Lipinski definition) is 4. The molecule has 28 heavy (non-hydrogen) atoms. The molecule has 0 aromatic carbocycles. The number of hydrogen-bond acceptors (Lipinski definition) is 9. The van der Waals surface area contributed by atoms with Crippen molar-refractivity contribution in [2.24, 2.45) is 0 Å². The van der Waals surface area contributed by atoms with Crippen molar-refractivity contribution in [1.82, 2.24) is 39.8 Å². The number of anilines is 1. The van der Waals surface area contributed by atoms with Crippen molar-refractivity contribution in [3.63, 3.8) is 0 Å². The fourth-order valence-electron chi connectivity index (χ4n) is 2.40. The van der Waals surface area contributed by atoms with Crippen molar-refractivity contribution >= 4 is 41.0 Å². The number of carbonyl (C=O) groups excluding carboxylic acids is 1. The molecule has 0 fully saturated rings. The molecular formula is C15H19N9O3S. The fourth-order valence-corrected chi connectivity index (χ4v) is 3.23. The number of amides is 1. The first kappa shape index (κ1) is 19.4. The highest BCUT2D eigenvalue weighted by Gasteiger charge is 2.15. The average Bonchev–Trinajstić information content (AvgIpc) is 3.24. The normalized spacial score (nSPS) is 11.5. The topological polar surface area (TPSA) is 170 Å². The summed E-state index contributed by atoms with van der Waals surface area (Å²) in [6.45, 7) is 2.42. The average molecular weight is 405 g/mol. The number of aliphatic hydroxyl groups excluding tert-OH is 1. The summed E-state index contributed by atoms with van der Waals surface area (Å²) in [4.78, 5) is 34.6. The zero-order chi connectivity index (χ0) is 20.1. The van der Waals surface area contributed by atoms with Crippen molar-refractivity contribution in [2.75, 3.05) is 18.0 Å². The Morgan fingerprint density at radius 2 is 2.29 bits per heavy atom. The van der Waals surface area contributed by atoms with Crippen LogP contribution in [0.25, 0.3) is 17.4 Å². The van der Waals surface area contributed by atoms with E-state index >= 15 is 0 Å². The molecule has 0 aliphatic heterocycles. The highest BCUT2D eigenvalue weighted by atomic mass is 32.2. The van der Waals surface area contributed by atoms with Crippen molar-refractivity contribution in [3.8, 4) is 0 Å². The van der Waals surface area contributed by atoms with Crippen LogP contribution >= 0.6 is 11.8 Å². The highest BCUT2D eigenvalue weighted by Crippen LogP contribution is 2.21. The smallest absolute Gasteiger partial charge is 0.280 e. The predicted molar refractivity (Wildman–Crippen MR) is 104 cm³/mol. The van der Waals surface area contributed by atoms with E-state index in [1.165, 1.54) is 27.2 Å². The Bertz CT molecular complexity index is 1070. The first-order valence-electron chi connectivity index (χ1n) is 8.39. The quantitative estimate of drug-likeness (QED) is 0.224. The summed E-state index contributed by atoms with van der Waals surface area (Å²) in [5.41, 5.74) is 6.26. The zero-order valence-electron chi connectivity index (χ0n) is 15.0. The molecule has 0 bridgehead atoms. The van der Waals surface area contributed by atoms with Gasteiger partial charge in [0.25, 0.3) is 5.56 Å². The number of nitrogen functional groups attached to an aromatic ring is 1. The molecule has 0 aliphatic rings. The predicted octanol–water partition coefficient (Wildman–Crippen LogP) is -0.250. The summed E-state index contributed by atoms with van der Waals surface area (Å²) in [5, 5.41) is 20.1. The fraction of sp³-hybridized carbons (Fsp3) is 0.333. The van der Waals surface area contributed by atoms with Gasteiger partial charge in [0.1, 0.15) is 6.54 Å². The van der Waals surface area contributed by atoms with E-state index in [9.17, 15) is 9.59 Å². The Morgan fingerprint density at radius 1 is 1.46 bits per heavy atom. The van der Waals surface area contributed by atoms with Gasteiger partial charge < -0.3 is 16.2 Å². The lowest BCUT2D eigenvalue weighted by Crippen LogP contribution is -2.29. The van der Waals surface area contributed by atoms with E-state index in [-0.39, 0.29) is 29.6 Å². The molecule has 3 aromatic heterocycles. The first-order valence-corrected chi connectivity index (χ1v) is 9.37. The molecule has 0 radical (unpaired) electrons. The molecule has 3 aromatic rings. The molecule has 0 spiro atoms. The van der Waals surface area contributed by atoms with E-state index < -0.39 is 5.56 Å². The third-order valence-corrected chi connectivity index (χ3v) is 4.62. The Balaban J connectivity index is 1.60. The van der Waals surface area contributed by atoms with E-state index in [0.717, 1.165) is 18.4 Å². The molecule has 3 heterocycles. The number of aryl methyl sites for hydroxylation is 1.